The maximum Gasteiger partial charge on any atom is 0.253 e. The molecule has 3 aromatic rings. The second-order valence-electron chi connectivity index (χ2n) is 8.77. The molecule has 2 amide bonds. The average Bonchev–Trinajstić information content (AvgIpc) is 2.91. The molecule has 0 atom stereocenters. The van der Waals surface area contributed by atoms with Gasteiger partial charge in [-0.3, -0.25) is 9.59 Å². The minimum atomic E-state index is -0.182. The fraction of sp³-hybridized carbons (Fsp3) is 0.310. The summed E-state index contributed by atoms with van der Waals surface area (Å²) in [6.07, 6.45) is 5.13. The molecule has 1 aliphatic heterocycles. The van der Waals surface area contributed by atoms with Gasteiger partial charge in [-0.15, -0.1) is 0 Å². The van der Waals surface area contributed by atoms with Crippen LogP contribution in [0.3, 0.4) is 0 Å². The predicted molar refractivity (Wildman–Crippen MR) is 140 cm³/mol. The van der Waals surface area contributed by atoms with Crippen molar-refractivity contribution in [2.75, 3.05) is 36.9 Å². The molecule has 1 heterocycles. The molecule has 182 valence electrons. The van der Waals surface area contributed by atoms with Gasteiger partial charge in [-0.1, -0.05) is 48.5 Å². The van der Waals surface area contributed by atoms with Gasteiger partial charge in [0, 0.05) is 24.3 Å². The molecule has 6 nitrogen and oxygen atoms in total. The number of hydrogen-bond donors (Lipinski definition) is 2. The molecule has 1 fully saturated rings. The zero-order valence-electron chi connectivity index (χ0n) is 20.0. The summed E-state index contributed by atoms with van der Waals surface area (Å²) in [7, 11) is 0. The standard InChI is InChI=1S/C29H33N3O3/c33-28(22-30-25-15-9-14-24(21-25)29(34)32-18-7-2-8-19-32)31-26-16-5-6-17-27(26)35-20-10-13-23-11-3-1-4-12-23/h1,3-6,9,11-12,14-17,21,30H,2,7-8,10,13,18-20,22H2,(H,31,33). The van der Waals surface area contributed by atoms with Crippen LogP contribution in [0.4, 0.5) is 11.4 Å². The third-order valence-corrected chi connectivity index (χ3v) is 6.08. The van der Waals surface area contributed by atoms with Crippen molar-refractivity contribution in [3.05, 3.63) is 90.0 Å². The molecule has 0 spiro atoms. The fourth-order valence-corrected chi connectivity index (χ4v) is 4.22. The van der Waals surface area contributed by atoms with Crippen molar-refractivity contribution < 1.29 is 14.3 Å². The van der Waals surface area contributed by atoms with Gasteiger partial charge < -0.3 is 20.3 Å². The number of para-hydroxylation sites is 2. The van der Waals surface area contributed by atoms with E-state index in [1.807, 2.05) is 71.6 Å². The number of aryl methyl sites for hydroxylation is 1. The van der Waals surface area contributed by atoms with Crippen LogP contribution in [-0.2, 0) is 11.2 Å². The van der Waals surface area contributed by atoms with Crippen molar-refractivity contribution in [2.24, 2.45) is 0 Å². The zero-order chi connectivity index (χ0) is 24.3. The second-order valence-corrected chi connectivity index (χ2v) is 8.77. The van der Waals surface area contributed by atoms with Crippen LogP contribution in [0.25, 0.3) is 0 Å². The molecule has 1 aliphatic rings. The molecule has 0 aliphatic carbocycles. The van der Waals surface area contributed by atoms with E-state index in [2.05, 4.69) is 22.8 Å². The average molecular weight is 472 g/mol. The van der Waals surface area contributed by atoms with Crippen molar-refractivity contribution in [1.29, 1.82) is 0 Å². The van der Waals surface area contributed by atoms with Gasteiger partial charge in [-0.2, -0.15) is 0 Å². The van der Waals surface area contributed by atoms with Crippen molar-refractivity contribution >= 4 is 23.2 Å². The Kier molecular flexibility index (Phi) is 8.76. The van der Waals surface area contributed by atoms with E-state index in [9.17, 15) is 9.59 Å². The molecule has 35 heavy (non-hydrogen) atoms. The Morgan fingerprint density at radius 1 is 0.857 bits per heavy atom. The summed E-state index contributed by atoms with van der Waals surface area (Å²) in [5, 5.41) is 6.06. The Labute approximate surface area is 207 Å². The Morgan fingerprint density at radius 2 is 1.63 bits per heavy atom. The van der Waals surface area contributed by atoms with Crippen molar-refractivity contribution in [3.8, 4) is 5.75 Å². The van der Waals surface area contributed by atoms with Gasteiger partial charge in [0.2, 0.25) is 5.91 Å². The van der Waals surface area contributed by atoms with Crippen LogP contribution in [0.5, 0.6) is 5.75 Å². The van der Waals surface area contributed by atoms with Crippen molar-refractivity contribution in [2.45, 2.75) is 32.1 Å². The molecule has 2 N–H and O–H groups in total. The van der Waals surface area contributed by atoms with Gasteiger partial charge in [0.25, 0.3) is 5.91 Å². The summed E-state index contributed by atoms with van der Waals surface area (Å²) < 4.78 is 5.94. The normalized spacial score (nSPS) is 13.2. The summed E-state index contributed by atoms with van der Waals surface area (Å²) in [4.78, 5) is 27.3. The second kappa shape index (κ2) is 12.6. The van der Waals surface area contributed by atoms with E-state index in [0.29, 0.717) is 23.6 Å². The largest absolute Gasteiger partial charge is 0.491 e. The lowest BCUT2D eigenvalue weighted by atomic mass is 10.1. The van der Waals surface area contributed by atoms with Gasteiger partial charge in [0.1, 0.15) is 5.75 Å². The molecule has 6 heteroatoms. The predicted octanol–water partition coefficient (Wildman–Crippen LogP) is 5.37. The van der Waals surface area contributed by atoms with Gasteiger partial charge in [-0.05, 0) is 68.0 Å². The first-order valence-corrected chi connectivity index (χ1v) is 12.4. The third-order valence-electron chi connectivity index (χ3n) is 6.08. The van der Waals surface area contributed by atoms with Crippen LogP contribution in [0.2, 0.25) is 0 Å². The lowest BCUT2D eigenvalue weighted by molar-refractivity contribution is -0.114. The highest BCUT2D eigenvalue weighted by Gasteiger charge is 2.18. The summed E-state index contributed by atoms with van der Waals surface area (Å²) in [6.45, 7) is 2.28. The number of benzene rings is 3. The Hall–Kier alpha value is -3.80. The Balaban J connectivity index is 1.26. The Morgan fingerprint density at radius 3 is 2.46 bits per heavy atom. The van der Waals surface area contributed by atoms with Gasteiger partial charge >= 0.3 is 0 Å². The maximum atomic E-state index is 12.8. The molecular weight excluding hydrogens is 438 g/mol. The quantitative estimate of drug-likeness (QED) is 0.390. The van der Waals surface area contributed by atoms with Crippen LogP contribution in [0, 0.1) is 0 Å². The minimum Gasteiger partial charge on any atom is -0.491 e. The van der Waals surface area contributed by atoms with E-state index in [1.165, 1.54) is 12.0 Å². The van der Waals surface area contributed by atoms with E-state index < -0.39 is 0 Å². The van der Waals surface area contributed by atoms with Crippen LogP contribution >= 0.6 is 0 Å². The van der Waals surface area contributed by atoms with Gasteiger partial charge in [-0.25, -0.2) is 0 Å². The van der Waals surface area contributed by atoms with E-state index in [-0.39, 0.29) is 18.4 Å². The summed E-state index contributed by atoms with van der Waals surface area (Å²) in [6, 6.07) is 25.1. The number of hydrogen-bond acceptors (Lipinski definition) is 4. The number of piperidine rings is 1. The topological polar surface area (TPSA) is 70.7 Å². The van der Waals surface area contributed by atoms with E-state index >= 15 is 0 Å². The van der Waals surface area contributed by atoms with Crippen LogP contribution < -0.4 is 15.4 Å². The first kappa shape index (κ1) is 24.3. The highest BCUT2D eigenvalue weighted by atomic mass is 16.5. The molecule has 0 radical (unpaired) electrons. The SMILES string of the molecule is O=C(CNc1cccc(C(=O)N2CCCCC2)c1)Nc1ccccc1OCCCc1ccccc1. The van der Waals surface area contributed by atoms with Crippen LogP contribution in [0.15, 0.2) is 78.9 Å². The molecule has 4 rings (SSSR count). The number of likely N-dealkylation sites (tertiary alicyclic amines) is 1. The molecule has 3 aromatic carbocycles. The fourth-order valence-electron chi connectivity index (χ4n) is 4.22. The Bertz CT molecular complexity index is 1110. The highest BCUT2D eigenvalue weighted by molar-refractivity contribution is 5.96. The van der Waals surface area contributed by atoms with Gasteiger partial charge in [0.15, 0.2) is 0 Å². The molecule has 0 saturated carbocycles. The van der Waals surface area contributed by atoms with E-state index in [0.717, 1.165) is 44.5 Å². The molecule has 0 bridgehead atoms. The van der Waals surface area contributed by atoms with Gasteiger partial charge in [0.05, 0.1) is 18.8 Å². The molecule has 0 aromatic heterocycles. The lowest BCUT2D eigenvalue weighted by Crippen LogP contribution is -2.35. The first-order valence-electron chi connectivity index (χ1n) is 12.4. The first-order chi connectivity index (χ1) is 17.2. The number of carbonyl (C=O) groups is 2. The zero-order valence-corrected chi connectivity index (χ0v) is 20.0. The summed E-state index contributed by atoms with van der Waals surface area (Å²) in [5.41, 5.74) is 3.32. The number of carbonyl (C=O) groups excluding carboxylic acids is 2. The molecular formula is C29H33N3O3. The van der Waals surface area contributed by atoms with E-state index in [1.54, 1.807) is 0 Å². The van der Waals surface area contributed by atoms with E-state index in [4.69, 9.17) is 4.74 Å². The van der Waals surface area contributed by atoms with Crippen LogP contribution in [-0.4, -0.2) is 43.0 Å². The monoisotopic (exact) mass is 471 g/mol. The highest BCUT2D eigenvalue weighted by Crippen LogP contribution is 2.24. The lowest BCUT2D eigenvalue weighted by Gasteiger charge is -2.26. The minimum absolute atomic E-state index is 0.0520. The van der Waals surface area contributed by atoms with Crippen molar-refractivity contribution in [3.63, 3.8) is 0 Å². The number of ether oxygens (including phenoxy) is 1. The summed E-state index contributed by atoms with van der Waals surface area (Å²) in [5.74, 6) is 0.525. The molecule has 0 unspecified atom stereocenters. The third kappa shape index (κ3) is 7.34. The number of amides is 2. The number of rotatable bonds is 10. The smallest absolute Gasteiger partial charge is 0.253 e. The number of nitrogens with one attached hydrogen (secondary N) is 2. The number of anilines is 2. The summed E-state index contributed by atoms with van der Waals surface area (Å²) >= 11 is 0. The van der Waals surface area contributed by atoms with Crippen molar-refractivity contribution in [1.82, 2.24) is 4.90 Å². The number of nitrogens with zero attached hydrogens (tertiary/aromatic N) is 1. The maximum absolute atomic E-state index is 12.8. The van der Waals surface area contributed by atoms with Crippen LogP contribution in [0.1, 0.15) is 41.6 Å². The molecule has 1 saturated heterocycles.